The van der Waals surface area contributed by atoms with E-state index in [1.165, 1.54) is 18.2 Å². The number of pyridine rings is 1. The molecule has 0 aliphatic rings. The highest BCUT2D eigenvalue weighted by Crippen LogP contribution is 2.23. The normalized spacial score (nSPS) is 12.3. The lowest BCUT2D eigenvalue weighted by Gasteiger charge is -2.22. The van der Waals surface area contributed by atoms with Crippen LogP contribution >= 0.6 is 0 Å². The van der Waals surface area contributed by atoms with Crippen LogP contribution in [0.1, 0.15) is 36.1 Å². The van der Waals surface area contributed by atoms with E-state index < -0.39 is 17.8 Å². The van der Waals surface area contributed by atoms with Crippen molar-refractivity contribution >= 4 is 16.8 Å². The van der Waals surface area contributed by atoms with Gasteiger partial charge in [-0.05, 0) is 36.2 Å². The number of hydrogen-bond acceptors (Lipinski definition) is 4. The van der Waals surface area contributed by atoms with Crippen LogP contribution in [0.25, 0.3) is 22.4 Å². The molecular weight excluding hydrogens is 385 g/mol. The monoisotopic (exact) mass is 405 g/mol. The number of amides is 1. The van der Waals surface area contributed by atoms with Gasteiger partial charge in [-0.25, -0.2) is 9.37 Å². The van der Waals surface area contributed by atoms with E-state index in [4.69, 9.17) is 0 Å². The summed E-state index contributed by atoms with van der Waals surface area (Å²) in [7, 11) is 0. The van der Waals surface area contributed by atoms with Gasteiger partial charge in [0, 0.05) is 23.2 Å². The van der Waals surface area contributed by atoms with Gasteiger partial charge in [0.1, 0.15) is 17.2 Å². The second-order valence-corrected chi connectivity index (χ2v) is 7.31. The molecular formula is C22H20FN5O2. The standard InChI is InChI=1S/C22H20FN5O2/c1-12(2)20(17-11-19(29)27-21(26-17)16-7-3-4-9-24-16)28-22(30)18-10-13-14(23)6-5-8-15(13)25-18/h3-12,20,25H,1-2H3,(H,28,30)(H,26,27,29)/t20-/m1/s1. The molecule has 0 bridgehead atoms. The number of hydrogen-bond donors (Lipinski definition) is 3. The van der Waals surface area contributed by atoms with Crippen LogP contribution in [0.5, 0.6) is 0 Å². The molecule has 0 radical (unpaired) electrons. The molecule has 1 atom stereocenters. The fourth-order valence-electron chi connectivity index (χ4n) is 3.30. The van der Waals surface area contributed by atoms with Crippen LogP contribution in [0, 0.1) is 11.7 Å². The average molecular weight is 405 g/mol. The molecule has 0 unspecified atom stereocenters. The Hall–Kier alpha value is -3.81. The van der Waals surface area contributed by atoms with Gasteiger partial charge < -0.3 is 15.3 Å². The maximum Gasteiger partial charge on any atom is 0.268 e. The van der Waals surface area contributed by atoms with Crippen molar-refractivity contribution in [1.82, 2.24) is 25.3 Å². The molecule has 0 saturated heterocycles. The second-order valence-electron chi connectivity index (χ2n) is 7.31. The minimum atomic E-state index is -0.529. The summed E-state index contributed by atoms with van der Waals surface area (Å²) >= 11 is 0. The Morgan fingerprint density at radius 2 is 1.93 bits per heavy atom. The van der Waals surface area contributed by atoms with Crippen LogP contribution in [0.2, 0.25) is 0 Å². The number of nitrogens with one attached hydrogen (secondary N) is 3. The number of benzene rings is 1. The van der Waals surface area contributed by atoms with Crippen LogP contribution < -0.4 is 10.9 Å². The van der Waals surface area contributed by atoms with E-state index in [2.05, 4.69) is 25.3 Å². The van der Waals surface area contributed by atoms with Crippen LogP contribution in [0.3, 0.4) is 0 Å². The number of halogens is 1. The molecule has 0 aliphatic heterocycles. The van der Waals surface area contributed by atoms with Crippen molar-refractivity contribution < 1.29 is 9.18 Å². The molecule has 8 heteroatoms. The summed E-state index contributed by atoms with van der Waals surface area (Å²) in [6, 6.07) is 12.2. The highest BCUT2D eigenvalue weighted by Gasteiger charge is 2.23. The summed E-state index contributed by atoms with van der Waals surface area (Å²) in [5.41, 5.74) is 1.37. The fourth-order valence-corrected chi connectivity index (χ4v) is 3.30. The SMILES string of the molecule is CC(C)[C@@H](NC(=O)c1cc2c(F)cccc2[nH]1)c1cc(=O)[nH]c(-c2ccccn2)n1. The van der Waals surface area contributed by atoms with Crippen molar-refractivity contribution in [3.8, 4) is 11.5 Å². The van der Waals surface area contributed by atoms with Crippen LogP contribution in [-0.2, 0) is 0 Å². The topological polar surface area (TPSA) is 104 Å². The maximum absolute atomic E-state index is 14.0. The Morgan fingerprint density at radius 3 is 2.63 bits per heavy atom. The largest absolute Gasteiger partial charge is 0.350 e. The van der Waals surface area contributed by atoms with Gasteiger partial charge >= 0.3 is 0 Å². The summed E-state index contributed by atoms with van der Waals surface area (Å²) in [5, 5.41) is 3.25. The van der Waals surface area contributed by atoms with Crippen LogP contribution in [0.15, 0.2) is 59.5 Å². The number of nitrogens with zero attached hydrogens (tertiary/aromatic N) is 2. The number of aromatic nitrogens is 4. The first-order valence-corrected chi connectivity index (χ1v) is 9.53. The second kappa shape index (κ2) is 7.90. The first-order chi connectivity index (χ1) is 14.4. The fraction of sp³-hybridized carbons (Fsp3) is 0.182. The van der Waals surface area contributed by atoms with E-state index in [-0.39, 0.29) is 17.2 Å². The zero-order valence-corrected chi connectivity index (χ0v) is 16.4. The van der Waals surface area contributed by atoms with Gasteiger partial charge in [-0.15, -0.1) is 0 Å². The molecule has 152 valence electrons. The molecule has 3 aromatic heterocycles. The van der Waals surface area contributed by atoms with Gasteiger partial charge in [0.2, 0.25) is 0 Å². The van der Waals surface area contributed by atoms with E-state index >= 15 is 0 Å². The van der Waals surface area contributed by atoms with E-state index in [0.29, 0.717) is 28.1 Å². The van der Waals surface area contributed by atoms with E-state index in [0.717, 1.165) is 0 Å². The van der Waals surface area contributed by atoms with Gasteiger partial charge in [0.15, 0.2) is 5.82 Å². The molecule has 7 nitrogen and oxygen atoms in total. The quantitative estimate of drug-likeness (QED) is 0.472. The van der Waals surface area contributed by atoms with Gasteiger partial charge in [0.25, 0.3) is 11.5 Å². The zero-order chi connectivity index (χ0) is 21.3. The number of aromatic amines is 2. The number of H-pyrrole nitrogens is 2. The smallest absolute Gasteiger partial charge is 0.268 e. The molecule has 1 amide bonds. The number of carbonyl (C=O) groups excluding carboxylic acids is 1. The summed E-state index contributed by atoms with van der Waals surface area (Å²) in [4.78, 5) is 39.5. The molecule has 4 rings (SSSR count). The lowest BCUT2D eigenvalue weighted by Crippen LogP contribution is -2.33. The van der Waals surface area contributed by atoms with Crippen molar-refractivity contribution in [3.63, 3.8) is 0 Å². The molecule has 0 fully saturated rings. The predicted octanol–water partition coefficient (Wildman–Crippen LogP) is 3.58. The minimum absolute atomic E-state index is 0.0547. The number of carbonyl (C=O) groups is 1. The third kappa shape index (κ3) is 3.84. The van der Waals surface area contributed by atoms with E-state index in [1.807, 2.05) is 13.8 Å². The molecule has 4 aromatic rings. The van der Waals surface area contributed by atoms with Gasteiger partial charge in [0.05, 0.1) is 11.7 Å². The molecule has 3 N–H and O–H groups in total. The van der Waals surface area contributed by atoms with E-state index in [9.17, 15) is 14.0 Å². The summed E-state index contributed by atoms with van der Waals surface area (Å²) < 4.78 is 14.0. The van der Waals surface area contributed by atoms with Crippen LogP contribution in [0.4, 0.5) is 4.39 Å². The highest BCUT2D eigenvalue weighted by molar-refractivity contribution is 5.98. The van der Waals surface area contributed by atoms with Gasteiger partial charge in [-0.1, -0.05) is 26.0 Å². The van der Waals surface area contributed by atoms with Crippen molar-refractivity contribution in [3.05, 3.63) is 82.3 Å². The van der Waals surface area contributed by atoms with Crippen molar-refractivity contribution in [2.75, 3.05) is 0 Å². The summed E-state index contributed by atoms with van der Waals surface area (Å²) in [6.45, 7) is 3.83. The summed E-state index contributed by atoms with van der Waals surface area (Å²) in [6.07, 6.45) is 1.61. The zero-order valence-electron chi connectivity index (χ0n) is 16.4. The Balaban J connectivity index is 1.67. The number of rotatable bonds is 5. The lowest BCUT2D eigenvalue weighted by atomic mass is 10.00. The molecule has 0 saturated carbocycles. The van der Waals surface area contributed by atoms with Crippen molar-refractivity contribution in [2.45, 2.75) is 19.9 Å². The Labute approximate surface area is 171 Å². The lowest BCUT2D eigenvalue weighted by molar-refractivity contribution is 0.0920. The highest BCUT2D eigenvalue weighted by atomic mass is 19.1. The van der Waals surface area contributed by atoms with Crippen molar-refractivity contribution in [2.24, 2.45) is 5.92 Å². The summed E-state index contributed by atoms with van der Waals surface area (Å²) in [5.74, 6) is -0.545. The maximum atomic E-state index is 14.0. The van der Waals surface area contributed by atoms with E-state index in [1.54, 1.807) is 36.5 Å². The predicted molar refractivity (Wildman–Crippen MR) is 111 cm³/mol. The van der Waals surface area contributed by atoms with Crippen molar-refractivity contribution in [1.29, 1.82) is 0 Å². The Kier molecular flexibility index (Phi) is 5.14. The third-order valence-corrected chi connectivity index (χ3v) is 4.80. The molecule has 1 aromatic carbocycles. The first kappa shape index (κ1) is 19.5. The molecule has 0 spiro atoms. The first-order valence-electron chi connectivity index (χ1n) is 9.53. The third-order valence-electron chi connectivity index (χ3n) is 4.80. The molecule has 3 heterocycles. The average Bonchev–Trinajstić information content (AvgIpc) is 3.18. The number of fused-ring (bicyclic) bond motifs is 1. The molecule has 0 aliphatic carbocycles. The Morgan fingerprint density at radius 1 is 1.10 bits per heavy atom. The molecule has 30 heavy (non-hydrogen) atoms. The van der Waals surface area contributed by atoms with Gasteiger partial charge in [-0.3, -0.25) is 14.6 Å². The minimum Gasteiger partial charge on any atom is -0.350 e. The Bertz CT molecular complexity index is 1260. The van der Waals surface area contributed by atoms with Crippen LogP contribution in [-0.4, -0.2) is 25.8 Å². The van der Waals surface area contributed by atoms with Gasteiger partial charge in [-0.2, -0.15) is 0 Å².